The molecule has 6 heteroatoms. The molecule has 0 aliphatic heterocycles. The maximum atomic E-state index is 9.97. The molecule has 0 bridgehead atoms. The van der Waals surface area contributed by atoms with Gasteiger partial charge < -0.3 is 18.7 Å². The molecule has 224 valence electrons. The lowest BCUT2D eigenvalue weighted by Gasteiger charge is -2.39. The van der Waals surface area contributed by atoms with Crippen molar-refractivity contribution in [3.05, 3.63) is 64.7 Å². The zero-order valence-electron chi connectivity index (χ0n) is 27.4. The first kappa shape index (κ1) is 34.8. The van der Waals surface area contributed by atoms with E-state index in [2.05, 4.69) is 104 Å². The van der Waals surface area contributed by atoms with Crippen LogP contribution in [0.15, 0.2) is 42.5 Å². The van der Waals surface area contributed by atoms with Crippen LogP contribution in [0.2, 0.25) is 26.2 Å². The van der Waals surface area contributed by atoms with Gasteiger partial charge in [0.25, 0.3) is 0 Å². The van der Waals surface area contributed by atoms with E-state index in [0.29, 0.717) is 6.61 Å². The van der Waals surface area contributed by atoms with Crippen LogP contribution in [-0.2, 0) is 21.9 Å². The Bertz CT molecular complexity index is 1050. The first-order valence-corrected chi connectivity index (χ1v) is 19.7. The van der Waals surface area contributed by atoms with Crippen LogP contribution in [0.4, 0.5) is 0 Å². The van der Waals surface area contributed by atoms with Crippen LogP contribution in [-0.4, -0.2) is 28.8 Å². The molecule has 2 unspecified atom stereocenters. The van der Waals surface area contributed by atoms with Gasteiger partial charge in [0.05, 0.1) is 17.8 Å². The van der Waals surface area contributed by atoms with E-state index in [1.165, 1.54) is 16.7 Å². The molecule has 0 aliphatic rings. The molecule has 2 rings (SSSR count). The molecule has 0 amide bonds. The summed E-state index contributed by atoms with van der Waals surface area (Å²) < 4.78 is 19.7. The number of aryl methyl sites for hydroxylation is 1. The molecule has 0 saturated heterocycles. The fourth-order valence-electron chi connectivity index (χ4n) is 4.91. The van der Waals surface area contributed by atoms with Crippen LogP contribution >= 0.6 is 0 Å². The van der Waals surface area contributed by atoms with E-state index in [-0.39, 0.29) is 23.0 Å². The second kappa shape index (κ2) is 14.6. The fraction of sp³-hybridized carbons (Fsp3) is 0.647. The van der Waals surface area contributed by atoms with E-state index in [4.69, 9.17) is 13.6 Å². The Hall–Kier alpha value is -1.45. The normalized spacial score (nSPS) is 14.6. The minimum absolute atomic E-state index is 0.00715. The number of hydrogen-bond donors (Lipinski definition) is 1. The van der Waals surface area contributed by atoms with Gasteiger partial charge in [0, 0.05) is 0 Å². The fourth-order valence-corrected chi connectivity index (χ4v) is 6.81. The maximum Gasteiger partial charge on any atom is 0.205 e. The lowest BCUT2D eigenvalue weighted by atomic mass is 9.77. The molecular weight excluding hydrogens is 529 g/mol. The lowest BCUT2D eigenvalue weighted by molar-refractivity contribution is 0.0655. The van der Waals surface area contributed by atoms with Gasteiger partial charge in [-0.15, -0.1) is 0 Å². The van der Waals surface area contributed by atoms with E-state index in [1.807, 2.05) is 19.9 Å². The molecule has 0 aromatic heterocycles. The molecular formula is C34H56O4Si2. The minimum atomic E-state index is -0.932. The second-order valence-electron chi connectivity index (χ2n) is 14.5. The number of hydrogen-bond acceptors (Lipinski definition) is 4. The monoisotopic (exact) mass is 584 g/mol. The summed E-state index contributed by atoms with van der Waals surface area (Å²) in [6, 6.07) is 15.2. The summed E-state index contributed by atoms with van der Waals surface area (Å²) in [5.41, 5.74) is 4.17. The SMILES string of the molecule is C[Si](C)OC(c1ccc(COc2cccc(CCCCC(C)(C)O)c2)cc1C(O[Si](C)C)C(C)(C)C)C(C)(C)C. The van der Waals surface area contributed by atoms with Gasteiger partial charge in [-0.05, 0) is 111 Å². The highest BCUT2D eigenvalue weighted by Crippen LogP contribution is 2.45. The van der Waals surface area contributed by atoms with Gasteiger partial charge >= 0.3 is 0 Å². The van der Waals surface area contributed by atoms with E-state index in [1.54, 1.807) is 0 Å². The predicted octanol–water partition coefficient (Wildman–Crippen LogP) is 9.46. The molecule has 0 saturated carbocycles. The van der Waals surface area contributed by atoms with Gasteiger partial charge in [-0.3, -0.25) is 0 Å². The van der Waals surface area contributed by atoms with Crippen molar-refractivity contribution in [2.24, 2.45) is 10.8 Å². The van der Waals surface area contributed by atoms with Crippen molar-refractivity contribution < 1.29 is 18.7 Å². The highest BCUT2D eigenvalue weighted by Gasteiger charge is 2.36. The van der Waals surface area contributed by atoms with E-state index in [9.17, 15) is 5.11 Å². The number of aliphatic hydroxyl groups is 1. The molecule has 1 N–H and O–H groups in total. The summed E-state index contributed by atoms with van der Waals surface area (Å²) in [5.74, 6) is 0.891. The molecule has 2 aromatic rings. The third-order valence-electron chi connectivity index (χ3n) is 6.80. The van der Waals surface area contributed by atoms with Crippen molar-refractivity contribution in [2.75, 3.05) is 0 Å². The Morgan fingerprint density at radius 1 is 0.700 bits per heavy atom. The van der Waals surface area contributed by atoms with Gasteiger partial charge in [0.15, 0.2) is 0 Å². The molecule has 0 heterocycles. The molecule has 0 aliphatic carbocycles. The molecule has 2 radical (unpaired) electrons. The molecule has 4 nitrogen and oxygen atoms in total. The molecule has 0 fully saturated rings. The topological polar surface area (TPSA) is 47.9 Å². The van der Waals surface area contributed by atoms with Crippen molar-refractivity contribution in [1.29, 1.82) is 0 Å². The van der Waals surface area contributed by atoms with Crippen molar-refractivity contribution in [3.8, 4) is 5.75 Å². The van der Waals surface area contributed by atoms with E-state index >= 15 is 0 Å². The highest BCUT2D eigenvalue weighted by molar-refractivity contribution is 6.48. The summed E-state index contributed by atoms with van der Waals surface area (Å²) in [7, 11) is -1.84. The van der Waals surface area contributed by atoms with Gasteiger partial charge in [0.2, 0.25) is 18.1 Å². The first-order valence-electron chi connectivity index (χ1n) is 14.9. The first-order chi connectivity index (χ1) is 18.4. The van der Waals surface area contributed by atoms with Gasteiger partial charge in [-0.25, -0.2) is 0 Å². The van der Waals surface area contributed by atoms with E-state index in [0.717, 1.165) is 37.0 Å². The van der Waals surface area contributed by atoms with Crippen molar-refractivity contribution >= 4 is 18.1 Å². The average molecular weight is 585 g/mol. The molecule has 0 spiro atoms. The Morgan fingerprint density at radius 2 is 1.27 bits per heavy atom. The number of unbranched alkanes of at least 4 members (excludes halogenated alkanes) is 1. The van der Waals surface area contributed by atoms with Crippen LogP contribution in [0, 0.1) is 10.8 Å². The van der Waals surface area contributed by atoms with Crippen LogP contribution in [0.5, 0.6) is 5.75 Å². The van der Waals surface area contributed by atoms with Crippen molar-refractivity contribution in [1.82, 2.24) is 0 Å². The zero-order chi connectivity index (χ0) is 30.3. The van der Waals surface area contributed by atoms with Crippen LogP contribution in [0.1, 0.15) is 109 Å². The molecule has 40 heavy (non-hydrogen) atoms. The second-order valence-corrected chi connectivity index (χ2v) is 18.6. The third-order valence-corrected chi connectivity index (χ3v) is 8.22. The molecule has 2 atom stereocenters. The summed E-state index contributed by atoms with van der Waals surface area (Å²) >= 11 is 0. The number of rotatable bonds is 14. The Balaban J connectivity index is 2.35. The quantitative estimate of drug-likeness (QED) is 0.177. The van der Waals surface area contributed by atoms with Crippen LogP contribution in [0.3, 0.4) is 0 Å². The summed E-state index contributed by atoms with van der Waals surface area (Å²) in [6.07, 6.45) is 3.83. The smallest absolute Gasteiger partial charge is 0.205 e. The summed E-state index contributed by atoms with van der Waals surface area (Å²) in [4.78, 5) is 0. The number of benzene rings is 2. The zero-order valence-corrected chi connectivity index (χ0v) is 29.4. The van der Waals surface area contributed by atoms with Crippen molar-refractivity contribution in [2.45, 2.75) is 132 Å². The highest BCUT2D eigenvalue weighted by atomic mass is 28.3. The number of ether oxygens (including phenoxy) is 1. The van der Waals surface area contributed by atoms with Crippen LogP contribution < -0.4 is 4.74 Å². The predicted molar refractivity (Wildman–Crippen MR) is 173 cm³/mol. The van der Waals surface area contributed by atoms with Gasteiger partial charge in [-0.2, -0.15) is 0 Å². The van der Waals surface area contributed by atoms with E-state index < -0.39 is 23.7 Å². The Kier molecular flexibility index (Phi) is 12.7. The van der Waals surface area contributed by atoms with Crippen LogP contribution in [0.25, 0.3) is 0 Å². The van der Waals surface area contributed by atoms with Crippen molar-refractivity contribution in [3.63, 3.8) is 0 Å². The minimum Gasteiger partial charge on any atom is -0.489 e. The average Bonchev–Trinajstić information content (AvgIpc) is 2.80. The standard InChI is InChI=1S/C34H56O4Si2/c1-32(2,3)30(37-39(9)10)28-20-19-26(23-29(28)31(33(4,5)6)38-40(11)12)24-36-27-18-15-17-25(22-27)16-13-14-21-34(7,8)35/h15,17-20,22-23,30-31,35H,13-14,16,21,24H2,1-12H3. The Labute approximate surface area is 249 Å². The molecule has 2 aromatic carbocycles. The summed E-state index contributed by atoms with van der Waals surface area (Å²) in [5, 5.41) is 9.97. The third kappa shape index (κ3) is 11.8. The lowest BCUT2D eigenvalue weighted by Crippen LogP contribution is -2.31. The van der Waals surface area contributed by atoms with Gasteiger partial charge in [0.1, 0.15) is 12.4 Å². The van der Waals surface area contributed by atoms with Gasteiger partial charge in [-0.1, -0.05) is 72.2 Å². The summed E-state index contributed by atoms with van der Waals surface area (Å²) in [6.45, 7) is 26.7. The maximum absolute atomic E-state index is 9.97. The Morgan fingerprint density at radius 3 is 1.80 bits per heavy atom. The largest absolute Gasteiger partial charge is 0.489 e.